The lowest BCUT2D eigenvalue weighted by atomic mass is 10.1. The highest BCUT2D eigenvalue weighted by atomic mass is 16.5. The second-order valence-corrected chi connectivity index (χ2v) is 5.98. The summed E-state index contributed by atoms with van der Waals surface area (Å²) in [6, 6.07) is 7.96. The van der Waals surface area contributed by atoms with Crippen LogP contribution in [0.15, 0.2) is 18.2 Å². The van der Waals surface area contributed by atoms with Crippen LogP contribution in [0.1, 0.15) is 30.4 Å². The van der Waals surface area contributed by atoms with Crippen LogP contribution in [-0.2, 0) is 6.54 Å². The maximum atomic E-state index is 5.47. The quantitative estimate of drug-likeness (QED) is 0.879. The van der Waals surface area contributed by atoms with Crippen LogP contribution in [0.25, 0.3) is 0 Å². The van der Waals surface area contributed by atoms with Crippen molar-refractivity contribution in [2.75, 3.05) is 20.2 Å². The molecule has 3 nitrogen and oxygen atoms in total. The largest absolute Gasteiger partial charge is 0.496 e. The van der Waals surface area contributed by atoms with Crippen molar-refractivity contribution in [3.63, 3.8) is 0 Å². The third-order valence-electron chi connectivity index (χ3n) is 4.15. The minimum Gasteiger partial charge on any atom is -0.496 e. The normalized spacial score (nSPS) is 23.8. The highest BCUT2D eigenvalue weighted by molar-refractivity contribution is 5.36. The van der Waals surface area contributed by atoms with Crippen molar-refractivity contribution in [2.45, 2.75) is 44.8 Å². The fourth-order valence-corrected chi connectivity index (χ4v) is 2.97. The summed E-state index contributed by atoms with van der Waals surface area (Å²) < 4.78 is 5.47. The van der Waals surface area contributed by atoms with Gasteiger partial charge >= 0.3 is 0 Å². The first-order valence-corrected chi connectivity index (χ1v) is 7.36. The van der Waals surface area contributed by atoms with Gasteiger partial charge in [0.1, 0.15) is 5.75 Å². The molecule has 2 aliphatic rings. The van der Waals surface area contributed by atoms with Crippen molar-refractivity contribution in [1.29, 1.82) is 0 Å². The molecule has 3 rings (SSSR count). The number of aryl methyl sites for hydroxylation is 1. The minimum absolute atomic E-state index is 0.698. The van der Waals surface area contributed by atoms with E-state index in [1.807, 2.05) is 0 Å². The van der Waals surface area contributed by atoms with Crippen LogP contribution in [0.4, 0.5) is 0 Å². The molecule has 0 spiro atoms. The Hall–Kier alpha value is -1.06. The van der Waals surface area contributed by atoms with E-state index in [9.17, 15) is 0 Å². The number of nitrogens with zero attached hydrogens (tertiary/aromatic N) is 1. The van der Waals surface area contributed by atoms with Crippen molar-refractivity contribution in [3.8, 4) is 5.75 Å². The zero-order valence-electron chi connectivity index (χ0n) is 12.0. The number of likely N-dealkylation sites (tertiary alicyclic amines) is 1. The molecule has 0 radical (unpaired) electrons. The first-order valence-electron chi connectivity index (χ1n) is 7.36. The van der Waals surface area contributed by atoms with Gasteiger partial charge in [-0.05, 0) is 32.3 Å². The molecule has 0 aromatic heterocycles. The molecule has 104 valence electrons. The third-order valence-corrected chi connectivity index (χ3v) is 4.15. The predicted molar refractivity (Wildman–Crippen MR) is 77.6 cm³/mol. The number of benzene rings is 1. The van der Waals surface area contributed by atoms with Crippen molar-refractivity contribution >= 4 is 0 Å². The number of hydrogen-bond acceptors (Lipinski definition) is 3. The minimum atomic E-state index is 0.698. The molecule has 3 heteroatoms. The maximum Gasteiger partial charge on any atom is 0.123 e. The molecule has 1 aliphatic carbocycles. The summed E-state index contributed by atoms with van der Waals surface area (Å²) in [6.07, 6.45) is 4.04. The van der Waals surface area contributed by atoms with Gasteiger partial charge < -0.3 is 10.1 Å². The molecule has 19 heavy (non-hydrogen) atoms. The van der Waals surface area contributed by atoms with Crippen LogP contribution < -0.4 is 10.1 Å². The lowest BCUT2D eigenvalue weighted by Crippen LogP contribution is -2.33. The standard InChI is InChI=1S/C16H24N2O/c1-12-3-6-16(19-2)13(9-12)10-18-8-7-15(11-18)17-14-4-5-14/h3,6,9,14-15,17H,4-5,7-8,10-11H2,1-2H3. The lowest BCUT2D eigenvalue weighted by Gasteiger charge is -2.18. The fraction of sp³-hybridized carbons (Fsp3) is 0.625. The molecule has 1 aromatic rings. The number of ether oxygens (including phenoxy) is 1. The van der Waals surface area contributed by atoms with E-state index in [1.54, 1.807) is 7.11 Å². The molecule has 1 unspecified atom stereocenters. The second kappa shape index (κ2) is 5.51. The van der Waals surface area contributed by atoms with Crippen molar-refractivity contribution in [1.82, 2.24) is 10.2 Å². The summed E-state index contributed by atoms with van der Waals surface area (Å²) in [6.45, 7) is 5.52. The third kappa shape index (κ3) is 3.28. The molecule has 0 amide bonds. The van der Waals surface area contributed by atoms with E-state index < -0.39 is 0 Å². The molecule has 2 fully saturated rings. The van der Waals surface area contributed by atoms with Crippen LogP contribution in [0, 0.1) is 6.92 Å². The van der Waals surface area contributed by atoms with Crippen LogP contribution in [-0.4, -0.2) is 37.2 Å². The topological polar surface area (TPSA) is 24.5 Å². The van der Waals surface area contributed by atoms with Gasteiger partial charge in [0.2, 0.25) is 0 Å². The molecule has 1 aliphatic heterocycles. The summed E-state index contributed by atoms with van der Waals surface area (Å²) in [5.41, 5.74) is 2.62. The second-order valence-electron chi connectivity index (χ2n) is 5.98. The molecule has 0 bridgehead atoms. The smallest absolute Gasteiger partial charge is 0.123 e. The Kier molecular flexibility index (Phi) is 3.76. The van der Waals surface area contributed by atoms with Crippen molar-refractivity contribution in [3.05, 3.63) is 29.3 Å². The van der Waals surface area contributed by atoms with Gasteiger partial charge in [-0.25, -0.2) is 0 Å². The molecule has 1 saturated heterocycles. The Morgan fingerprint density at radius 2 is 2.11 bits per heavy atom. The molecule has 1 aromatic carbocycles. The van der Waals surface area contributed by atoms with Gasteiger partial charge in [0.15, 0.2) is 0 Å². The molecule has 1 atom stereocenters. The van der Waals surface area contributed by atoms with Crippen LogP contribution in [0.2, 0.25) is 0 Å². The summed E-state index contributed by atoms with van der Waals surface area (Å²) >= 11 is 0. The van der Waals surface area contributed by atoms with E-state index in [1.165, 1.54) is 43.5 Å². The van der Waals surface area contributed by atoms with Crippen molar-refractivity contribution in [2.24, 2.45) is 0 Å². The Morgan fingerprint density at radius 1 is 1.26 bits per heavy atom. The van der Waals surface area contributed by atoms with E-state index in [0.717, 1.165) is 18.3 Å². The van der Waals surface area contributed by atoms with Gasteiger partial charge in [0, 0.05) is 37.3 Å². The Bertz CT molecular complexity index is 442. The first kappa shape index (κ1) is 12.9. The monoisotopic (exact) mass is 260 g/mol. The number of rotatable bonds is 5. The number of hydrogen-bond donors (Lipinski definition) is 1. The molecule has 1 N–H and O–H groups in total. The van der Waals surface area contributed by atoms with Crippen LogP contribution >= 0.6 is 0 Å². The summed E-state index contributed by atoms with van der Waals surface area (Å²) in [5, 5.41) is 3.74. The van der Waals surface area contributed by atoms with E-state index in [0.29, 0.717) is 6.04 Å². The van der Waals surface area contributed by atoms with Gasteiger partial charge in [-0.2, -0.15) is 0 Å². The zero-order chi connectivity index (χ0) is 13.2. The molecular weight excluding hydrogens is 236 g/mol. The Labute approximate surface area is 115 Å². The SMILES string of the molecule is COc1ccc(C)cc1CN1CCC(NC2CC2)C1. The van der Waals surface area contributed by atoms with Gasteiger partial charge in [-0.3, -0.25) is 4.90 Å². The lowest BCUT2D eigenvalue weighted by molar-refractivity contribution is 0.311. The first-order chi connectivity index (χ1) is 9.24. The van der Waals surface area contributed by atoms with Gasteiger partial charge in [0.25, 0.3) is 0 Å². The van der Waals surface area contributed by atoms with E-state index >= 15 is 0 Å². The highest BCUT2D eigenvalue weighted by Crippen LogP contribution is 2.25. The summed E-state index contributed by atoms with van der Waals surface area (Å²) in [5.74, 6) is 1.02. The average molecular weight is 260 g/mol. The van der Waals surface area contributed by atoms with Gasteiger partial charge in [-0.1, -0.05) is 17.7 Å². The van der Waals surface area contributed by atoms with Crippen molar-refractivity contribution < 1.29 is 4.74 Å². The maximum absolute atomic E-state index is 5.47. The summed E-state index contributed by atoms with van der Waals surface area (Å²) in [7, 11) is 1.76. The molecule has 1 saturated carbocycles. The van der Waals surface area contributed by atoms with Crippen LogP contribution in [0.5, 0.6) is 5.75 Å². The highest BCUT2D eigenvalue weighted by Gasteiger charge is 2.29. The van der Waals surface area contributed by atoms with Gasteiger partial charge in [0.05, 0.1) is 7.11 Å². The zero-order valence-corrected chi connectivity index (χ0v) is 12.0. The number of methoxy groups -OCH3 is 1. The Morgan fingerprint density at radius 3 is 2.84 bits per heavy atom. The van der Waals surface area contributed by atoms with Gasteiger partial charge in [-0.15, -0.1) is 0 Å². The predicted octanol–water partition coefficient (Wildman–Crippen LogP) is 2.33. The van der Waals surface area contributed by atoms with E-state index in [4.69, 9.17) is 4.74 Å². The molecule has 1 heterocycles. The summed E-state index contributed by atoms with van der Waals surface area (Å²) in [4.78, 5) is 2.54. The van der Waals surface area contributed by atoms with E-state index in [-0.39, 0.29) is 0 Å². The molecular formula is C16H24N2O. The van der Waals surface area contributed by atoms with E-state index in [2.05, 4.69) is 35.3 Å². The number of nitrogens with one attached hydrogen (secondary N) is 1. The average Bonchev–Trinajstić information content (AvgIpc) is 3.09. The van der Waals surface area contributed by atoms with Crippen LogP contribution in [0.3, 0.4) is 0 Å². The fourth-order valence-electron chi connectivity index (χ4n) is 2.97. The Balaban J connectivity index is 1.60.